The van der Waals surface area contributed by atoms with E-state index in [0.29, 0.717) is 0 Å². The second-order valence-electron chi connectivity index (χ2n) is 5.24. The Morgan fingerprint density at radius 3 is 2.50 bits per heavy atom. The van der Waals surface area contributed by atoms with Crippen molar-refractivity contribution in [3.63, 3.8) is 0 Å². The number of nitriles is 1. The Kier molecular flexibility index (Phi) is 3.48. The van der Waals surface area contributed by atoms with Gasteiger partial charge in [-0.15, -0.1) is 5.10 Å². The Balaban J connectivity index is 2.01. The second kappa shape index (κ2) is 4.91. The first kappa shape index (κ1) is 12.8. The van der Waals surface area contributed by atoms with E-state index >= 15 is 0 Å². The van der Waals surface area contributed by atoms with Gasteiger partial charge in [-0.2, -0.15) is 10.4 Å². The van der Waals surface area contributed by atoms with E-state index in [1.165, 1.54) is 0 Å². The predicted molar refractivity (Wildman–Crippen MR) is 70.2 cm³/mol. The van der Waals surface area contributed by atoms with E-state index in [0.717, 1.165) is 37.6 Å². The third-order valence-corrected chi connectivity index (χ3v) is 3.45. The molecule has 0 N–H and O–H groups in total. The highest BCUT2D eigenvalue weighted by molar-refractivity contribution is 5.39. The first-order valence-corrected chi connectivity index (χ1v) is 6.23. The van der Waals surface area contributed by atoms with Crippen LogP contribution in [0.5, 0.6) is 0 Å². The van der Waals surface area contributed by atoms with Crippen molar-refractivity contribution in [1.82, 2.24) is 15.1 Å². The van der Waals surface area contributed by atoms with Crippen molar-refractivity contribution < 1.29 is 0 Å². The average molecular weight is 245 g/mol. The SMILES string of the molecule is Cc1cnnc(N2CCN(C(C)(C)C#N)CC2)c1. The number of rotatable bonds is 2. The summed E-state index contributed by atoms with van der Waals surface area (Å²) < 4.78 is 0. The van der Waals surface area contributed by atoms with Gasteiger partial charge in [0.15, 0.2) is 5.82 Å². The lowest BCUT2D eigenvalue weighted by molar-refractivity contribution is 0.157. The van der Waals surface area contributed by atoms with Gasteiger partial charge in [-0.25, -0.2) is 0 Å². The highest BCUT2D eigenvalue weighted by Crippen LogP contribution is 2.19. The van der Waals surface area contributed by atoms with Crippen molar-refractivity contribution in [2.24, 2.45) is 0 Å². The standard InChI is InChI=1S/C13H19N5/c1-11-8-12(16-15-9-11)17-4-6-18(7-5-17)13(2,3)10-14/h8-9H,4-7H2,1-3H3. The average Bonchev–Trinajstić information content (AvgIpc) is 2.39. The lowest BCUT2D eigenvalue weighted by atomic mass is 10.0. The summed E-state index contributed by atoms with van der Waals surface area (Å²) >= 11 is 0. The van der Waals surface area contributed by atoms with Gasteiger partial charge in [0.25, 0.3) is 0 Å². The Morgan fingerprint density at radius 2 is 1.94 bits per heavy atom. The fourth-order valence-electron chi connectivity index (χ4n) is 2.17. The number of hydrogen-bond acceptors (Lipinski definition) is 5. The van der Waals surface area contributed by atoms with E-state index < -0.39 is 0 Å². The molecule has 0 amide bonds. The quantitative estimate of drug-likeness (QED) is 0.784. The third kappa shape index (κ3) is 2.59. The number of nitrogens with zero attached hydrogens (tertiary/aromatic N) is 5. The van der Waals surface area contributed by atoms with Gasteiger partial charge in [0, 0.05) is 26.2 Å². The molecule has 0 aromatic carbocycles. The minimum Gasteiger partial charge on any atom is -0.353 e. The minimum atomic E-state index is -0.385. The molecule has 0 aliphatic carbocycles. The summed E-state index contributed by atoms with van der Waals surface area (Å²) in [4.78, 5) is 4.44. The van der Waals surface area contributed by atoms with Crippen LogP contribution in [0.25, 0.3) is 0 Å². The molecular formula is C13H19N5. The van der Waals surface area contributed by atoms with Crippen LogP contribution in [0.15, 0.2) is 12.3 Å². The monoisotopic (exact) mass is 245 g/mol. The van der Waals surface area contributed by atoms with Gasteiger partial charge in [0.05, 0.1) is 12.3 Å². The molecule has 1 aliphatic heterocycles. The molecule has 0 atom stereocenters. The van der Waals surface area contributed by atoms with Crippen molar-refractivity contribution in [1.29, 1.82) is 5.26 Å². The number of aryl methyl sites for hydroxylation is 1. The molecule has 1 fully saturated rings. The maximum absolute atomic E-state index is 9.14. The predicted octanol–water partition coefficient (Wildman–Crippen LogP) is 1.21. The molecule has 0 saturated carbocycles. The van der Waals surface area contributed by atoms with Crippen LogP contribution in [-0.4, -0.2) is 46.8 Å². The molecule has 0 bridgehead atoms. The maximum atomic E-state index is 9.14. The molecule has 18 heavy (non-hydrogen) atoms. The molecule has 96 valence electrons. The molecule has 5 nitrogen and oxygen atoms in total. The van der Waals surface area contributed by atoms with Crippen molar-refractivity contribution in [2.45, 2.75) is 26.3 Å². The number of aromatic nitrogens is 2. The van der Waals surface area contributed by atoms with Crippen LogP contribution in [-0.2, 0) is 0 Å². The molecular weight excluding hydrogens is 226 g/mol. The molecule has 1 saturated heterocycles. The Hall–Kier alpha value is -1.67. The van der Waals surface area contributed by atoms with E-state index in [9.17, 15) is 0 Å². The van der Waals surface area contributed by atoms with Crippen molar-refractivity contribution in [2.75, 3.05) is 31.1 Å². The lowest BCUT2D eigenvalue weighted by Gasteiger charge is -2.40. The van der Waals surface area contributed by atoms with Crippen molar-refractivity contribution in [3.8, 4) is 6.07 Å². The van der Waals surface area contributed by atoms with E-state index in [1.54, 1.807) is 6.20 Å². The zero-order chi connectivity index (χ0) is 13.2. The summed E-state index contributed by atoms with van der Waals surface area (Å²) in [7, 11) is 0. The van der Waals surface area contributed by atoms with Gasteiger partial charge >= 0.3 is 0 Å². The Bertz CT molecular complexity index is 455. The molecule has 0 unspecified atom stereocenters. The molecule has 2 rings (SSSR count). The second-order valence-corrected chi connectivity index (χ2v) is 5.24. The first-order chi connectivity index (χ1) is 8.53. The number of hydrogen-bond donors (Lipinski definition) is 0. The molecule has 1 aromatic rings. The van der Waals surface area contributed by atoms with Crippen LogP contribution >= 0.6 is 0 Å². The smallest absolute Gasteiger partial charge is 0.151 e. The number of piperazine rings is 1. The largest absolute Gasteiger partial charge is 0.353 e. The summed E-state index contributed by atoms with van der Waals surface area (Å²) in [5.41, 5.74) is 0.740. The van der Waals surface area contributed by atoms with E-state index in [2.05, 4.69) is 32.1 Å². The van der Waals surface area contributed by atoms with Crippen LogP contribution in [0.3, 0.4) is 0 Å². The first-order valence-electron chi connectivity index (χ1n) is 6.23. The molecule has 2 heterocycles. The van der Waals surface area contributed by atoms with Gasteiger partial charge in [-0.1, -0.05) is 0 Å². The highest BCUT2D eigenvalue weighted by Gasteiger charge is 2.30. The zero-order valence-electron chi connectivity index (χ0n) is 11.2. The summed E-state index contributed by atoms with van der Waals surface area (Å²) in [5, 5.41) is 17.3. The molecule has 5 heteroatoms. The van der Waals surface area contributed by atoms with Crippen LogP contribution in [0.1, 0.15) is 19.4 Å². The normalized spacial score (nSPS) is 17.6. The topological polar surface area (TPSA) is 56.1 Å². The van der Waals surface area contributed by atoms with Gasteiger partial charge in [-0.05, 0) is 32.4 Å². The maximum Gasteiger partial charge on any atom is 0.151 e. The summed E-state index contributed by atoms with van der Waals surface area (Å²) in [6.07, 6.45) is 1.76. The van der Waals surface area contributed by atoms with E-state index in [4.69, 9.17) is 5.26 Å². The molecule has 1 aliphatic rings. The summed E-state index contributed by atoms with van der Waals surface area (Å²) in [6.45, 7) is 9.51. The summed E-state index contributed by atoms with van der Waals surface area (Å²) in [6, 6.07) is 4.41. The van der Waals surface area contributed by atoms with E-state index in [1.807, 2.05) is 20.8 Å². The highest BCUT2D eigenvalue weighted by atomic mass is 15.3. The van der Waals surface area contributed by atoms with Crippen LogP contribution < -0.4 is 4.90 Å². The van der Waals surface area contributed by atoms with Crippen LogP contribution in [0.4, 0.5) is 5.82 Å². The number of anilines is 1. The molecule has 0 spiro atoms. The fourth-order valence-corrected chi connectivity index (χ4v) is 2.17. The summed E-state index contributed by atoms with van der Waals surface area (Å²) in [5.74, 6) is 0.935. The lowest BCUT2D eigenvalue weighted by Crippen LogP contribution is -2.54. The zero-order valence-corrected chi connectivity index (χ0v) is 11.2. The van der Waals surface area contributed by atoms with Crippen molar-refractivity contribution in [3.05, 3.63) is 17.8 Å². The van der Waals surface area contributed by atoms with Gasteiger partial charge < -0.3 is 4.90 Å². The van der Waals surface area contributed by atoms with Gasteiger partial charge in [-0.3, -0.25) is 4.90 Å². The minimum absolute atomic E-state index is 0.385. The third-order valence-electron chi connectivity index (χ3n) is 3.45. The Labute approximate surface area is 108 Å². The van der Waals surface area contributed by atoms with Crippen LogP contribution in [0, 0.1) is 18.3 Å². The van der Waals surface area contributed by atoms with E-state index in [-0.39, 0.29) is 5.54 Å². The van der Waals surface area contributed by atoms with Gasteiger partial charge in [0.1, 0.15) is 5.54 Å². The van der Waals surface area contributed by atoms with Crippen molar-refractivity contribution >= 4 is 5.82 Å². The van der Waals surface area contributed by atoms with Crippen LogP contribution in [0.2, 0.25) is 0 Å². The fraction of sp³-hybridized carbons (Fsp3) is 0.615. The molecule has 1 aromatic heterocycles. The van der Waals surface area contributed by atoms with Gasteiger partial charge in [0.2, 0.25) is 0 Å². The Morgan fingerprint density at radius 1 is 1.28 bits per heavy atom. The molecule has 0 radical (unpaired) electrons.